The van der Waals surface area contributed by atoms with Crippen LogP contribution in [0.25, 0.3) is 10.9 Å². The first-order valence-electron chi connectivity index (χ1n) is 5.90. The summed E-state index contributed by atoms with van der Waals surface area (Å²) >= 11 is 0. The molecule has 1 heterocycles. The van der Waals surface area contributed by atoms with E-state index in [1.54, 1.807) is 0 Å². The zero-order chi connectivity index (χ0) is 11.7. The number of aryl methyl sites for hydroxylation is 4. The minimum Gasteiger partial charge on any atom is -0.347 e. The molecule has 0 fully saturated rings. The van der Waals surface area contributed by atoms with Gasteiger partial charge in [0.1, 0.15) is 0 Å². The molecule has 2 rings (SSSR count). The lowest BCUT2D eigenvalue weighted by atomic mass is 10.1. The van der Waals surface area contributed by atoms with Gasteiger partial charge in [-0.2, -0.15) is 0 Å². The minimum atomic E-state index is 0.753. The normalized spacial score (nSPS) is 11.2. The summed E-state index contributed by atoms with van der Waals surface area (Å²) in [5.74, 6) is 0. The van der Waals surface area contributed by atoms with Crippen LogP contribution in [0, 0.1) is 20.8 Å². The fourth-order valence-corrected chi connectivity index (χ4v) is 2.50. The van der Waals surface area contributed by atoms with Gasteiger partial charge in [0.25, 0.3) is 0 Å². The van der Waals surface area contributed by atoms with Crippen molar-refractivity contribution in [2.75, 3.05) is 6.54 Å². The molecule has 0 atom stereocenters. The number of hydrogen-bond donors (Lipinski definition) is 1. The van der Waals surface area contributed by atoms with Gasteiger partial charge < -0.3 is 10.3 Å². The van der Waals surface area contributed by atoms with Crippen molar-refractivity contribution in [1.29, 1.82) is 0 Å². The van der Waals surface area contributed by atoms with Gasteiger partial charge in [-0.05, 0) is 56.5 Å². The second-order valence-electron chi connectivity index (χ2n) is 4.62. The standard InChI is InChI=1S/C14H20N2/c1-10-7-11(2)14-12(3)9-16(6-4-5-15)13(14)8-10/h7-9H,4-6,15H2,1-3H3. The summed E-state index contributed by atoms with van der Waals surface area (Å²) in [6.07, 6.45) is 3.28. The third-order valence-corrected chi connectivity index (χ3v) is 3.12. The Morgan fingerprint density at radius 1 is 1.12 bits per heavy atom. The van der Waals surface area contributed by atoms with Gasteiger partial charge in [-0.3, -0.25) is 0 Å². The van der Waals surface area contributed by atoms with Gasteiger partial charge in [-0.25, -0.2) is 0 Å². The van der Waals surface area contributed by atoms with Gasteiger partial charge in [0.05, 0.1) is 0 Å². The largest absolute Gasteiger partial charge is 0.347 e. The molecule has 2 heteroatoms. The van der Waals surface area contributed by atoms with E-state index in [9.17, 15) is 0 Å². The first kappa shape index (κ1) is 11.2. The molecule has 0 bridgehead atoms. The van der Waals surface area contributed by atoms with Crippen molar-refractivity contribution in [3.8, 4) is 0 Å². The predicted molar refractivity (Wildman–Crippen MR) is 69.8 cm³/mol. The molecule has 1 aromatic heterocycles. The molecule has 1 aromatic carbocycles. The highest BCUT2D eigenvalue weighted by atomic mass is 15.0. The summed E-state index contributed by atoms with van der Waals surface area (Å²) in [5, 5.41) is 1.41. The van der Waals surface area contributed by atoms with Crippen LogP contribution in [0.2, 0.25) is 0 Å². The zero-order valence-electron chi connectivity index (χ0n) is 10.4. The maximum Gasteiger partial charge on any atom is 0.0488 e. The van der Waals surface area contributed by atoms with Gasteiger partial charge in [0, 0.05) is 23.6 Å². The molecule has 0 aliphatic heterocycles. The summed E-state index contributed by atoms with van der Waals surface area (Å²) in [6.45, 7) is 8.30. The Labute approximate surface area is 97.1 Å². The molecule has 0 aliphatic carbocycles. The fourth-order valence-electron chi connectivity index (χ4n) is 2.50. The predicted octanol–water partition coefficient (Wildman–Crippen LogP) is 2.92. The van der Waals surface area contributed by atoms with E-state index < -0.39 is 0 Å². The van der Waals surface area contributed by atoms with E-state index in [0.29, 0.717) is 0 Å². The second kappa shape index (κ2) is 4.30. The van der Waals surface area contributed by atoms with E-state index in [0.717, 1.165) is 19.5 Å². The van der Waals surface area contributed by atoms with Crippen LogP contribution in [-0.4, -0.2) is 11.1 Å². The van der Waals surface area contributed by atoms with E-state index in [-0.39, 0.29) is 0 Å². The smallest absolute Gasteiger partial charge is 0.0488 e. The van der Waals surface area contributed by atoms with Crippen molar-refractivity contribution in [2.45, 2.75) is 33.7 Å². The molecular formula is C14H20N2. The molecule has 2 N–H and O–H groups in total. The summed E-state index contributed by atoms with van der Waals surface area (Å²) in [4.78, 5) is 0. The zero-order valence-corrected chi connectivity index (χ0v) is 10.4. The van der Waals surface area contributed by atoms with Crippen LogP contribution in [0.1, 0.15) is 23.1 Å². The molecule has 0 amide bonds. The number of nitrogens with two attached hydrogens (primary N) is 1. The van der Waals surface area contributed by atoms with Gasteiger partial charge in [-0.1, -0.05) is 6.07 Å². The van der Waals surface area contributed by atoms with Crippen molar-refractivity contribution in [1.82, 2.24) is 4.57 Å². The maximum atomic E-state index is 5.57. The SMILES string of the molecule is Cc1cc(C)c2c(C)cn(CCCN)c2c1. The third-order valence-electron chi connectivity index (χ3n) is 3.12. The lowest BCUT2D eigenvalue weighted by molar-refractivity contribution is 0.669. The molecule has 86 valence electrons. The number of benzene rings is 1. The van der Waals surface area contributed by atoms with E-state index in [2.05, 4.69) is 43.7 Å². The van der Waals surface area contributed by atoms with E-state index in [4.69, 9.17) is 5.73 Å². The van der Waals surface area contributed by atoms with Gasteiger partial charge in [-0.15, -0.1) is 0 Å². The second-order valence-corrected chi connectivity index (χ2v) is 4.62. The summed E-state index contributed by atoms with van der Waals surface area (Å²) in [5.41, 5.74) is 11.0. The molecular weight excluding hydrogens is 196 g/mol. The number of hydrogen-bond acceptors (Lipinski definition) is 1. The van der Waals surface area contributed by atoms with E-state index in [1.807, 2.05) is 0 Å². The highest BCUT2D eigenvalue weighted by molar-refractivity contribution is 5.87. The van der Waals surface area contributed by atoms with Gasteiger partial charge in [0.15, 0.2) is 0 Å². The average molecular weight is 216 g/mol. The monoisotopic (exact) mass is 216 g/mol. The number of fused-ring (bicyclic) bond motifs is 1. The Bertz CT molecular complexity index is 509. The fraction of sp³-hybridized carbons (Fsp3) is 0.429. The Morgan fingerprint density at radius 2 is 1.88 bits per heavy atom. The van der Waals surface area contributed by atoms with Crippen molar-refractivity contribution in [3.05, 3.63) is 35.0 Å². The molecule has 0 spiro atoms. The highest BCUT2D eigenvalue weighted by Gasteiger charge is 2.07. The van der Waals surface area contributed by atoms with Crippen LogP contribution < -0.4 is 5.73 Å². The quantitative estimate of drug-likeness (QED) is 0.840. The molecule has 0 radical (unpaired) electrons. The van der Waals surface area contributed by atoms with E-state index in [1.165, 1.54) is 27.6 Å². The number of aromatic nitrogens is 1. The van der Waals surface area contributed by atoms with Crippen LogP contribution in [0.3, 0.4) is 0 Å². The summed E-state index contributed by atoms with van der Waals surface area (Å²) < 4.78 is 2.33. The Hall–Kier alpha value is -1.28. The Balaban J connectivity index is 2.59. The lowest BCUT2D eigenvalue weighted by Gasteiger charge is -2.06. The van der Waals surface area contributed by atoms with Crippen molar-refractivity contribution in [3.63, 3.8) is 0 Å². The third kappa shape index (κ3) is 1.85. The summed E-state index contributed by atoms with van der Waals surface area (Å²) in [7, 11) is 0. The first-order chi connectivity index (χ1) is 7.63. The Morgan fingerprint density at radius 3 is 2.56 bits per heavy atom. The highest BCUT2D eigenvalue weighted by Crippen LogP contribution is 2.26. The minimum absolute atomic E-state index is 0.753. The van der Waals surface area contributed by atoms with Gasteiger partial charge >= 0.3 is 0 Å². The number of nitrogens with zero attached hydrogens (tertiary/aromatic N) is 1. The lowest BCUT2D eigenvalue weighted by Crippen LogP contribution is -2.04. The van der Waals surface area contributed by atoms with Crippen molar-refractivity contribution >= 4 is 10.9 Å². The average Bonchev–Trinajstić information content (AvgIpc) is 2.52. The number of rotatable bonds is 3. The van der Waals surface area contributed by atoms with Crippen LogP contribution in [-0.2, 0) is 6.54 Å². The summed E-state index contributed by atoms with van der Waals surface area (Å²) in [6, 6.07) is 4.52. The van der Waals surface area contributed by atoms with Crippen LogP contribution >= 0.6 is 0 Å². The van der Waals surface area contributed by atoms with Gasteiger partial charge in [0.2, 0.25) is 0 Å². The molecule has 0 saturated heterocycles. The first-order valence-corrected chi connectivity index (χ1v) is 5.90. The molecule has 0 aliphatic rings. The van der Waals surface area contributed by atoms with Crippen LogP contribution in [0.5, 0.6) is 0 Å². The van der Waals surface area contributed by atoms with E-state index >= 15 is 0 Å². The maximum absolute atomic E-state index is 5.57. The molecule has 2 aromatic rings. The van der Waals surface area contributed by atoms with Crippen LogP contribution in [0.15, 0.2) is 18.3 Å². The van der Waals surface area contributed by atoms with Crippen molar-refractivity contribution < 1.29 is 0 Å². The molecule has 16 heavy (non-hydrogen) atoms. The molecule has 0 saturated carbocycles. The topological polar surface area (TPSA) is 30.9 Å². The Kier molecular flexibility index (Phi) is 3.01. The molecule has 2 nitrogen and oxygen atoms in total. The molecule has 0 unspecified atom stereocenters. The van der Waals surface area contributed by atoms with Crippen molar-refractivity contribution in [2.24, 2.45) is 5.73 Å². The van der Waals surface area contributed by atoms with Crippen LogP contribution in [0.4, 0.5) is 0 Å².